The number of halogens is 1. The van der Waals surface area contributed by atoms with Crippen LogP contribution in [0.4, 0.5) is 4.39 Å². The molecular formula is C13H16FN3O2. The summed E-state index contributed by atoms with van der Waals surface area (Å²) in [7, 11) is 0. The van der Waals surface area contributed by atoms with Crippen LogP contribution in [-0.2, 0) is 4.79 Å². The van der Waals surface area contributed by atoms with Crippen molar-refractivity contribution < 1.29 is 14.0 Å². The molecule has 1 fully saturated rings. The van der Waals surface area contributed by atoms with E-state index in [1.165, 1.54) is 11.1 Å². The molecule has 6 heteroatoms. The Hall–Kier alpha value is -1.98. The highest BCUT2D eigenvalue weighted by Crippen LogP contribution is 2.15. The van der Waals surface area contributed by atoms with Crippen molar-refractivity contribution in [3.05, 3.63) is 29.8 Å². The summed E-state index contributed by atoms with van der Waals surface area (Å²) in [6, 6.07) is 0.666. The van der Waals surface area contributed by atoms with E-state index in [1.54, 1.807) is 0 Å². The molecule has 1 atom stereocenters. The molecule has 2 heterocycles. The summed E-state index contributed by atoms with van der Waals surface area (Å²) in [6.45, 7) is 2.81. The molecule has 102 valence electrons. The van der Waals surface area contributed by atoms with Crippen LogP contribution in [0.25, 0.3) is 0 Å². The summed E-state index contributed by atoms with van der Waals surface area (Å²) >= 11 is 0. The molecule has 0 unspecified atom stereocenters. The minimum Gasteiger partial charge on any atom is -0.353 e. The largest absolute Gasteiger partial charge is 0.353 e. The molecule has 0 saturated carbocycles. The normalized spacial score (nSPS) is 19.2. The van der Waals surface area contributed by atoms with E-state index in [9.17, 15) is 14.0 Å². The molecule has 1 N–H and O–H groups in total. The van der Waals surface area contributed by atoms with Crippen LogP contribution in [0.15, 0.2) is 18.5 Å². The van der Waals surface area contributed by atoms with Crippen LogP contribution < -0.4 is 5.32 Å². The maximum Gasteiger partial charge on any atom is 0.256 e. The van der Waals surface area contributed by atoms with Crippen molar-refractivity contribution in [1.29, 1.82) is 0 Å². The standard InChI is InChI=1S/C13H16FN3O2/c1-2-3-11-12(18)16-4-5-17(11)13(19)9-6-10(14)8-15-7-9/h6-8,11H,2-5H2,1H3,(H,16,18)/t11-/m0/s1. The molecule has 19 heavy (non-hydrogen) atoms. The average Bonchev–Trinajstić information content (AvgIpc) is 2.40. The molecular weight excluding hydrogens is 249 g/mol. The van der Waals surface area contributed by atoms with Gasteiger partial charge in [-0.25, -0.2) is 4.39 Å². The van der Waals surface area contributed by atoms with Crippen LogP contribution >= 0.6 is 0 Å². The first kappa shape index (κ1) is 13.5. The topological polar surface area (TPSA) is 62.3 Å². The smallest absolute Gasteiger partial charge is 0.256 e. The van der Waals surface area contributed by atoms with E-state index in [4.69, 9.17) is 0 Å². The zero-order chi connectivity index (χ0) is 13.8. The molecule has 1 saturated heterocycles. The van der Waals surface area contributed by atoms with Crippen LogP contribution in [0.1, 0.15) is 30.1 Å². The Kier molecular flexibility index (Phi) is 4.09. The lowest BCUT2D eigenvalue weighted by Crippen LogP contribution is -2.57. The number of hydrogen-bond donors (Lipinski definition) is 1. The van der Waals surface area contributed by atoms with Crippen LogP contribution in [0, 0.1) is 5.82 Å². The molecule has 0 spiro atoms. The molecule has 1 aliphatic rings. The van der Waals surface area contributed by atoms with E-state index in [1.807, 2.05) is 6.92 Å². The van der Waals surface area contributed by atoms with Crippen LogP contribution in [0.2, 0.25) is 0 Å². The number of piperazine rings is 1. The van der Waals surface area contributed by atoms with Gasteiger partial charge in [0.1, 0.15) is 11.9 Å². The van der Waals surface area contributed by atoms with Crippen molar-refractivity contribution in [2.75, 3.05) is 13.1 Å². The molecule has 0 radical (unpaired) electrons. The fourth-order valence-corrected chi connectivity index (χ4v) is 2.21. The van der Waals surface area contributed by atoms with Crippen molar-refractivity contribution in [2.24, 2.45) is 0 Å². The van der Waals surface area contributed by atoms with Crippen LogP contribution in [0.3, 0.4) is 0 Å². The third-order valence-corrected chi connectivity index (χ3v) is 3.11. The summed E-state index contributed by atoms with van der Waals surface area (Å²) in [6.07, 6.45) is 3.76. The molecule has 1 aromatic rings. The maximum atomic E-state index is 13.1. The first-order valence-electron chi connectivity index (χ1n) is 6.32. The van der Waals surface area contributed by atoms with Crippen molar-refractivity contribution in [3.63, 3.8) is 0 Å². The SMILES string of the molecule is CCC[C@H]1C(=O)NCCN1C(=O)c1cncc(F)c1. The van der Waals surface area contributed by atoms with Gasteiger partial charge in [-0.3, -0.25) is 14.6 Å². The van der Waals surface area contributed by atoms with Gasteiger partial charge in [0.2, 0.25) is 5.91 Å². The number of hydrogen-bond acceptors (Lipinski definition) is 3. The van der Waals surface area contributed by atoms with Crippen molar-refractivity contribution >= 4 is 11.8 Å². The zero-order valence-electron chi connectivity index (χ0n) is 10.7. The quantitative estimate of drug-likeness (QED) is 0.885. The number of nitrogens with one attached hydrogen (secondary N) is 1. The van der Waals surface area contributed by atoms with Crippen molar-refractivity contribution in [3.8, 4) is 0 Å². The fourth-order valence-electron chi connectivity index (χ4n) is 2.21. The van der Waals surface area contributed by atoms with E-state index in [0.29, 0.717) is 19.5 Å². The Morgan fingerprint density at radius 1 is 1.58 bits per heavy atom. The van der Waals surface area contributed by atoms with E-state index in [-0.39, 0.29) is 17.4 Å². The number of carbonyl (C=O) groups excluding carboxylic acids is 2. The second-order valence-corrected chi connectivity index (χ2v) is 4.49. The Balaban J connectivity index is 2.22. The average molecular weight is 265 g/mol. The molecule has 2 rings (SSSR count). The molecule has 0 aromatic carbocycles. The van der Waals surface area contributed by atoms with Gasteiger partial charge in [0.15, 0.2) is 0 Å². The molecule has 0 aliphatic carbocycles. The first-order valence-corrected chi connectivity index (χ1v) is 6.32. The predicted molar refractivity (Wildman–Crippen MR) is 66.9 cm³/mol. The van der Waals surface area contributed by atoms with Gasteiger partial charge >= 0.3 is 0 Å². The molecule has 1 aliphatic heterocycles. The fraction of sp³-hybridized carbons (Fsp3) is 0.462. The Morgan fingerprint density at radius 2 is 2.37 bits per heavy atom. The summed E-state index contributed by atoms with van der Waals surface area (Å²) in [5.41, 5.74) is 0.177. The number of pyridine rings is 1. The Labute approximate surface area is 110 Å². The minimum absolute atomic E-state index is 0.147. The van der Waals surface area contributed by atoms with Gasteiger partial charge in [-0.1, -0.05) is 13.3 Å². The van der Waals surface area contributed by atoms with E-state index in [0.717, 1.165) is 18.7 Å². The van der Waals surface area contributed by atoms with E-state index < -0.39 is 11.9 Å². The highest BCUT2D eigenvalue weighted by atomic mass is 19.1. The highest BCUT2D eigenvalue weighted by molar-refractivity contribution is 5.98. The van der Waals surface area contributed by atoms with Gasteiger partial charge in [0, 0.05) is 19.3 Å². The third-order valence-electron chi connectivity index (χ3n) is 3.11. The van der Waals surface area contributed by atoms with Crippen molar-refractivity contribution in [2.45, 2.75) is 25.8 Å². The number of amides is 2. The monoisotopic (exact) mass is 265 g/mol. The maximum absolute atomic E-state index is 13.1. The lowest BCUT2D eigenvalue weighted by atomic mass is 10.1. The van der Waals surface area contributed by atoms with Gasteiger partial charge in [-0.05, 0) is 12.5 Å². The van der Waals surface area contributed by atoms with Gasteiger partial charge in [-0.2, -0.15) is 0 Å². The minimum atomic E-state index is -0.556. The molecule has 5 nitrogen and oxygen atoms in total. The van der Waals surface area contributed by atoms with Gasteiger partial charge < -0.3 is 10.2 Å². The van der Waals surface area contributed by atoms with Crippen LogP contribution in [-0.4, -0.2) is 40.8 Å². The zero-order valence-corrected chi connectivity index (χ0v) is 10.7. The van der Waals surface area contributed by atoms with Crippen molar-refractivity contribution in [1.82, 2.24) is 15.2 Å². The lowest BCUT2D eigenvalue weighted by molar-refractivity contribution is -0.128. The van der Waals surface area contributed by atoms with E-state index >= 15 is 0 Å². The predicted octanol–water partition coefficient (Wildman–Crippen LogP) is 0.961. The third kappa shape index (κ3) is 2.89. The summed E-state index contributed by atoms with van der Waals surface area (Å²) in [5.74, 6) is -1.05. The second kappa shape index (κ2) is 5.77. The second-order valence-electron chi connectivity index (χ2n) is 4.49. The first-order chi connectivity index (χ1) is 9.13. The van der Waals surface area contributed by atoms with Gasteiger partial charge in [0.05, 0.1) is 11.8 Å². The number of nitrogens with zero attached hydrogens (tertiary/aromatic N) is 2. The molecule has 2 amide bonds. The summed E-state index contributed by atoms with van der Waals surface area (Å²) in [4.78, 5) is 29.3. The number of carbonyl (C=O) groups is 2. The van der Waals surface area contributed by atoms with E-state index in [2.05, 4.69) is 10.3 Å². The highest BCUT2D eigenvalue weighted by Gasteiger charge is 2.32. The number of aromatic nitrogens is 1. The van der Waals surface area contributed by atoms with Gasteiger partial charge in [-0.15, -0.1) is 0 Å². The summed E-state index contributed by atoms with van der Waals surface area (Å²) < 4.78 is 13.1. The molecule has 1 aromatic heterocycles. The Bertz CT molecular complexity index is 493. The molecule has 0 bridgehead atoms. The number of rotatable bonds is 3. The van der Waals surface area contributed by atoms with Gasteiger partial charge in [0.25, 0.3) is 5.91 Å². The lowest BCUT2D eigenvalue weighted by Gasteiger charge is -2.35. The van der Waals surface area contributed by atoms with Crippen LogP contribution in [0.5, 0.6) is 0 Å². The Morgan fingerprint density at radius 3 is 3.05 bits per heavy atom. The summed E-state index contributed by atoms with van der Waals surface area (Å²) in [5, 5.41) is 2.74.